The van der Waals surface area contributed by atoms with Crippen molar-refractivity contribution >= 4 is 11.8 Å². The summed E-state index contributed by atoms with van der Waals surface area (Å²) < 4.78 is 0. The van der Waals surface area contributed by atoms with E-state index in [-0.39, 0.29) is 17.9 Å². The van der Waals surface area contributed by atoms with Gasteiger partial charge in [-0.2, -0.15) is 0 Å². The Morgan fingerprint density at radius 3 is 2.89 bits per heavy atom. The molecule has 2 aliphatic rings. The van der Waals surface area contributed by atoms with Crippen LogP contribution in [-0.4, -0.2) is 24.4 Å². The molecule has 1 aromatic carbocycles. The normalized spacial score (nSPS) is 21.7. The summed E-state index contributed by atoms with van der Waals surface area (Å²) in [6, 6.07) is 5.49. The van der Waals surface area contributed by atoms with Crippen LogP contribution in [0.25, 0.3) is 0 Å². The maximum Gasteiger partial charge on any atom is 0.251 e. The molecule has 19 heavy (non-hydrogen) atoms. The van der Waals surface area contributed by atoms with Crippen LogP contribution in [0, 0.1) is 0 Å². The first-order valence-corrected chi connectivity index (χ1v) is 6.94. The molecule has 0 spiro atoms. The molecule has 2 N–H and O–H groups in total. The molecule has 0 radical (unpaired) electrons. The van der Waals surface area contributed by atoms with Crippen LogP contribution in [0.1, 0.15) is 40.7 Å². The van der Waals surface area contributed by atoms with Crippen molar-refractivity contribution in [3.05, 3.63) is 34.9 Å². The molecule has 2 amide bonds. The lowest BCUT2D eigenvalue weighted by Crippen LogP contribution is -2.50. The quantitative estimate of drug-likeness (QED) is 0.837. The van der Waals surface area contributed by atoms with Gasteiger partial charge >= 0.3 is 0 Å². The second-order valence-electron chi connectivity index (χ2n) is 5.30. The van der Waals surface area contributed by atoms with Crippen molar-refractivity contribution in [2.45, 2.75) is 38.1 Å². The van der Waals surface area contributed by atoms with E-state index in [0.717, 1.165) is 25.7 Å². The standard InChI is InChI=1S/C15H18N2O2/c18-14(17-13-5-2-8-16-15(13)19)12-7-6-10-3-1-4-11(10)9-12/h6-7,9,13H,1-5,8H2,(H,16,19)(H,17,18)/t13-/m0/s1. The zero-order valence-corrected chi connectivity index (χ0v) is 10.9. The molecule has 0 aromatic heterocycles. The molecule has 0 unspecified atom stereocenters. The number of hydrogen-bond acceptors (Lipinski definition) is 2. The topological polar surface area (TPSA) is 58.2 Å². The molecule has 1 aliphatic carbocycles. The van der Waals surface area contributed by atoms with E-state index >= 15 is 0 Å². The van der Waals surface area contributed by atoms with E-state index in [2.05, 4.69) is 10.6 Å². The maximum atomic E-state index is 12.2. The van der Waals surface area contributed by atoms with Crippen molar-refractivity contribution in [2.24, 2.45) is 0 Å². The van der Waals surface area contributed by atoms with E-state index in [1.807, 2.05) is 18.2 Å². The summed E-state index contributed by atoms with van der Waals surface area (Å²) in [5.41, 5.74) is 3.30. The summed E-state index contributed by atoms with van der Waals surface area (Å²) >= 11 is 0. The SMILES string of the molecule is O=C(N[C@H]1CCCNC1=O)c1ccc2c(c1)CCC2. The van der Waals surface area contributed by atoms with Crippen LogP contribution in [0.5, 0.6) is 0 Å². The highest BCUT2D eigenvalue weighted by Crippen LogP contribution is 2.22. The van der Waals surface area contributed by atoms with E-state index in [4.69, 9.17) is 0 Å². The Hall–Kier alpha value is -1.84. The molecule has 4 nitrogen and oxygen atoms in total. The van der Waals surface area contributed by atoms with Gasteiger partial charge in [0.2, 0.25) is 5.91 Å². The molecule has 1 aromatic rings. The van der Waals surface area contributed by atoms with E-state index in [9.17, 15) is 9.59 Å². The Kier molecular flexibility index (Phi) is 3.23. The van der Waals surface area contributed by atoms with Gasteiger partial charge in [-0.15, -0.1) is 0 Å². The fourth-order valence-corrected chi connectivity index (χ4v) is 2.86. The molecule has 100 valence electrons. The Balaban J connectivity index is 1.71. The monoisotopic (exact) mass is 258 g/mol. The summed E-state index contributed by atoms with van der Waals surface area (Å²) in [5, 5.41) is 5.60. The van der Waals surface area contributed by atoms with Crippen LogP contribution in [0.3, 0.4) is 0 Å². The second kappa shape index (κ2) is 5.03. The van der Waals surface area contributed by atoms with Gasteiger partial charge in [0.25, 0.3) is 5.91 Å². The van der Waals surface area contributed by atoms with Crippen LogP contribution >= 0.6 is 0 Å². The van der Waals surface area contributed by atoms with Crippen molar-refractivity contribution in [1.29, 1.82) is 0 Å². The first-order valence-electron chi connectivity index (χ1n) is 6.94. The highest BCUT2D eigenvalue weighted by molar-refractivity contribution is 5.97. The van der Waals surface area contributed by atoms with Crippen molar-refractivity contribution in [3.63, 3.8) is 0 Å². The molecular formula is C15H18N2O2. The number of benzene rings is 1. The summed E-state index contributed by atoms with van der Waals surface area (Å²) in [6.45, 7) is 0.712. The maximum absolute atomic E-state index is 12.2. The Bertz CT molecular complexity index is 525. The Morgan fingerprint density at radius 2 is 2.05 bits per heavy atom. The third kappa shape index (κ3) is 2.48. The highest BCUT2D eigenvalue weighted by atomic mass is 16.2. The first-order chi connectivity index (χ1) is 9.24. The van der Waals surface area contributed by atoms with Crippen molar-refractivity contribution in [2.75, 3.05) is 6.54 Å². The van der Waals surface area contributed by atoms with Gasteiger partial charge in [0.1, 0.15) is 6.04 Å². The number of piperidine rings is 1. The van der Waals surface area contributed by atoms with Crippen LogP contribution in [0.2, 0.25) is 0 Å². The van der Waals surface area contributed by atoms with Crippen molar-refractivity contribution in [1.82, 2.24) is 10.6 Å². The average molecular weight is 258 g/mol. The van der Waals surface area contributed by atoms with Crippen LogP contribution in [0.15, 0.2) is 18.2 Å². The highest BCUT2D eigenvalue weighted by Gasteiger charge is 2.24. The molecule has 1 fully saturated rings. The second-order valence-corrected chi connectivity index (χ2v) is 5.30. The van der Waals surface area contributed by atoms with E-state index in [1.165, 1.54) is 17.5 Å². The number of rotatable bonds is 2. The van der Waals surface area contributed by atoms with Gasteiger partial charge in [-0.3, -0.25) is 9.59 Å². The van der Waals surface area contributed by atoms with Crippen LogP contribution in [0.4, 0.5) is 0 Å². The number of amides is 2. The fourth-order valence-electron chi connectivity index (χ4n) is 2.86. The number of aryl methyl sites for hydroxylation is 2. The number of nitrogens with one attached hydrogen (secondary N) is 2. The third-order valence-electron chi connectivity index (χ3n) is 3.95. The van der Waals surface area contributed by atoms with E-state index in [0.29, 0.717) is 12.1 Å². The van der Waals surface area contributed by atoms with Gasteiger partial charge in [0, 0.05) is 12.1 Å². The molecule has 3 rings (SSSR count). The smallest absolute Gasteiger partial charge is 0.251 e. The molecule has 4 heteroatoms. The lowest BCUT2D eigenvalue weighted by atomic mass is 10.0. The van der Waals surface area contributed by atoms with Gasteiger partial charge in [0.15, 0.2) is 0 Å². The van der Waals surface area contributed by atoms with Gasteiger partial charge in [-0.25, -0.2) is 0 Å². The number of carbonyl (C=O) groups excluding carboxylic acids is 2. The number of hydrogen-bond donors (Lipinski definition) is 2. The van der Waals surface area contributed by atoms with Gasteiger partial charge in [0.05, 0.1) is 0 Å². The van der Waals surface area contributed by atoms with Crippen LogP contribution in [-0.2, 0) is 17.6 Å². The molecule has 0 saturated carbocycles. The predicted molar refractivity (Wildman–Crippen MR) is 72.0 cm³/mol. The summed E-state index contributed by atoms with van der Waals surface area (Å²) in [6.07, 6.45) is 4.98. The number of fused-ring (bicyclic) bond motifs is 1. The average Bonchev–Trinajstić information content (AvgIpc) is 2.88. The minimum Gasteiger partial charge on any atom is -0.354 e. The van der Waals surface area contributed by atoms with Crippen molar-refractivity contribution in [3.8, 4) is 0 Å². The molecule has 1 atom stereocenters. The Labute approximate surface area is 112 Å². The number of carbonyl (C=O) groups is 2. The van der Waals surface area contributed by atoms with Crippen LogP contribution < -0.4 is 10.6 Å². The fraction of sp³-hybridized carbons (Fsp3) is 0.467. The largest absolute Gasteiger partial charge is 0.354 e. The van der Waals surface area contributed by atoms with Gasteiger partial charge in [-0.1, -0.05) is 6.07 Å². The molecular weight excluding hydrogens is 240 g/mol. The van der Waals surface area contributed by atoms with E-state index < -0.39 is 0 Å². The minimum absolute atomic E-state index is 0.0687. The zero-order chi connectivity index (χ0) is 13.2. The summed E-state index contributed by atoms with van der Waals surface area (Å²) in [7, 11) is 0. The van der Waals surface area contributed by atoms with Gasteiger partial charge in [-0.05, 0) is 55.4 Å². The summed E-state index contributed by atoms with van der Waals surface area (Å²) in [5.74, 6) is -0.211. The van der Waals surface area contributed by atoms with E-state index in [1.54, 1.807) is 0 Å². The zero-order valence-electron chi connectivity index (χ0n) is 10.9. The summed E-state index contributed by atoms with van der Waals surface area (Å²) in [4.78, 5) is 23.8. The third-order valence-corrected chi connectivity index (χ3v) is 3.95. The molecule has 1 saturated heterocycles. The first kappa shape index (κ1) is 12.2. The van der Waals surface area contributed by atoms with Gasteiger partial charge < -0.3 is 10.6 Å². The Morgan fingerprint density at radius 1 is 1.21 bits per heavy atom. The molecule has 0 bridgehead atoms. The molecule has 1 aliphatic heterocycles. The van der Waals surface area contributed by atoms with Crippen molar-refractivity contribution < 1.29 is 9.59 Å². The lowest BCUT2D eigenvalue weighted by molar-refractivity contribution is -0.124. The molecule has 1 heterocycles. The minimum atomic E-state index is -0.380. The predicted octanol–water partition coefficient (Wildman–Crippen LogP) is 1.18. The lowest BCUT2D eigenvalue weighted by Gasteiger charge is -2.22.